The van der Waals surface area contributed by atoms with Gasteiger partial charge < -0.3 is 5.73 Å². The molecule has 96 valence electrons. The zero-order valence-corrected chi connectivity index (χ0v) is 11.4. The second-order valence-electron chi connectivity index (χ2n) is 4.66. The molecule has 2 aromatic rings. The van der Waals surface area contributed by atoms with Crippen LogP contribution in [0.2, 0.25) is 0 Å². The number of benzene rings is 1. The van der Waals surface area contributed by atoms with E-state index in [4.69, 9.17) is 5.73 Å². The number of rotatable bonds is 4. The van der Waals surface area contributed by atoms with Gasteiger partial charge in [0.15, 0.2) is 0 Å². The Hall–Kier alpha value is -1.77. The lowest BCUT2D eigenvalue weighted by molar-refractivity contribution is 0.640. The molecule has 0 saturated carbocycles. The highest BCUT2D eigenvalue weighted by molar-refractivity contribution is 5.48. The summed E-state index contributed by atoms with van der Waals surface area (Å²) in [5, 5.41) is 4.61. The van der Waals surface area contributed by atoms with Crippen LogP contribution >= 0.6 is 0 Å². The Labute approximate surface area is 109 Å². The van der Waals surface area contributed by atoms with Crippen LogP contribution in [0.1, 0.15) is 36.4 Å². The first kappa shape index (κ1) is 12.7. The summed E-state index contributed by atoms with van der Waals surface area (Å²) in [7, 11) is 0. The largest absolute Gasteiger partial charge is 0.396 e. The van der Waals surface area contributed by atoms with E-state index in [9.17, 15) is 0 Å². The third-order valence-corrected chi connectivity index (χ3v) is 3.30. The van der Waals surface area contributed by atoms with Crippen LogP contribution in [-0.4, -0.2) is 9.78 Å². The molecule has 0 unspecified atom stereocenters. The summed E-state index contributed by atoms with van der Waals surface area (Å²) in [6, 6.07) is 8.57. The van der Waals surface area contributed by atoms with Gasteiger partial charge in [-0.3, -0.25) is 4.68 Å². The fraction of sp³-hybridized carbons (Fsp3) is 0.400. The van der Waals surface area contributed by atoms with Gasteiger partial charge in [-0.2, -0.15) is 5.10 Å². The monoisotopic (exact) mass is 243 g/mol. The van der Waals surface area contributed by atoms with Crippen molar-refractivity contribution in [3.63, 3.8) is 0 Å². The molecule has 0 aliphatic carbocycles. The maximum atomic E-state index is 6.12. The Morgan fingerprint density at radius 1 is 1.11 bits per heavy atom. The molecule has 1 heterocycles. The van der Waals surface area contributed by atoms with E-state index in [1.807, 2.05) is 4.68 Å². The van der Waals surface area contributed by atoms with E-state index in [0.29, 0.717) is 0 Å². The number of aryl methyl sites for hydroxylation is 2. The Bertz CT molecular complexity index is 523. The molecule has 0 aliphatic rings. The molecule has 0 bridgehead atoms. The summed E-state index contributed by atoms with van der Waals surface area (Å²) >= 11 is 0. The molecule has 0 fully saturated rings. The quantitative estimate of drug-likeness (QED) is 0.897. The van der Waals surface area contributed by atoms with Gasteiger partial charge in [0.2, 0.25) is 0 Å². The van der Waals surface area contributed by atoms with Gasteiger partial charge in [0.25, 0.3) is 0 Å². The van der Waals surface area contributed by atoms with Crippen molar-refractivity contribution in [3.05, 3.63) is 46.8 Å². The Balaban J connectivity index is 2.31. The van der Waals surface area contributed by atoms with Crippen molar-refractivity contribution >= 4 is 5.69 Å². The number of aromatic nitrogens is 2. The summed E-state index contributed by atoms with van der Waals surface area (Å²) in [4.78, 5) is 0. The van der Waals surface area contributed by atoms with E-state index in [2.05, 4.69) is 50.1 Å². The van der Waals surface area contributed by atoms with Gasteiger partial charge in [0, 0.05) is 0 Å². The molecule has 0 saturated heterocycles. The van der Waals surface area contributed by atoms with Gasteiger partial charge in [0.05, 0.1) is 23.6 Å². The number of nitrogen functional groups attached to an aromatic ring is 1. The van der Waals surface area contributed by atoms with Gasteiger partial charge >= 0.3 is 0 Å². The lowest BCUT2D eigenvalue weighted by Gasteiger charge is -2.06. The van der Waals surface area contributed by atoms with Crippen molar-refractivity contribution in [3.8, 4) is 0 Å². The smallest absolute Gasteiger partial charge is 0.0854 e. The molecule has 18 heavy (non-hydrogen) atoms. The zero-order valence-electron chi connectivity index (χ0n) is 11.4. The zero-order chi connectivity index (χ0) is 13.1. The van der Waals surface area contributed by atoms with Crippen LogP contribution < -0.4 is 5.73 Å². The highest BCUT2D eigenvalue weighted by Gasteiger charge is 2.12. The molecule has 0 amide bonds. The van der Waals surface area contributed by atoms with Crippen LogP contribution in [0.3, 0.4) is 0 Å². The normalized spacial score (nSPS) is 10.8. The standard InChI is InChI=1S/C15H21N3/c1-4-13-15(16)14(5-2)18(17-13)10-12-8-6-11(3)7-9-12/h6-9H,4-5,10,16H2,1-3H3. The fourth-order valence-corrected chi connectivity index (χ4v) is 2.20. The Morgan fingerprint density at radius 2 is 1.78 bits per heavy atom. The van der Waals surface area contributed by atoms with Crippen molar-refractivity contribution in [1.29, 1.82) is 0 Å². The van der Waals surface area contributed by atoms with Crippen LogP contribution in [0.15, 0.2) is 24.3 Å². The topological polar surface area (TPSA) is 43.8 Å². The minimum Gasteiger partial charge on any atom is -0.396 e. The van der Waals surface area contributed by atoms with Crippen LogP contribution in [0, 0.1) is 6.92 Å². The average molecular weight is 243 g/mol. The Kier molecular flexibility index (Phi) is 3.70. The number of nitrogens with two attached hydrogens (primary N) is 1. The van der Waals surface area contributed by atoms with Crippen LogP contribution in [0.5, 0.6) is 0 Å². The number of anilines is 1. The van der Waals surface area contributed by atoms with Gasteiger partial charge in [-0.05, 0) is 25.3 Å². The SMILES string of the molecule is CCc1nn(Cc2ccc(C)cc2)c(CC)c1N. The molecular formula is C15H21N3. The first-order chi connectivity index (χ1) is 8.65. The minimum atomic E-state index is 0.799. The highest BCUT2D eigenvalue weighted by Crippen LogP contribution is 2.19. The molecule has 0 atom stereocenters. The predicted molar refractivity (Wildman–Crippen MR) is 75.7 cm³/mol. The second-order valence-corrected chi connectivity index (χ2v) is 4.66. The van der Waals surface area contributed by atoms with Crippen molar-refractivity contribution in [2.75, 3.05) is 5.73 Å². The van der Waals surface area contributed by atoms with Crippen LogP contribution in [-0.2, 0) is 19.4 Å². The molecule has 3 nitrogen and oxygen atoms in total. The molecular weight excluding hydrogens is 222 g/mol. The van der Waals surface area contributed by atoms with Crippen molar-refractivity contribution in [2.24, 2.45) is 0 Å². The van der Waals surface area contributed by atoms with Gasteiger partial charge in [-0.1, -0.05) is 43.7 Å². The summed E-state index contributed by atoms with van der Waals surface area (Å²) in [5.74, 6) is 0. The average Bonchev–Trinajstić information content (AvgIpc) is 2.68. The summed E-state index contributed by atoms with van der Waals surface area (Å²) in [6.07, 6.45) is 1.81. The third kappa shape index (κ3) is 2.40. The molecule has 0 radical (unpaired) electrons. The van der Waals surface area contributed by atoms with Crippen LogP contribution in [0.25, 0.3) is 0 Å². The van der Waals surface area contributed by atoms with E-state index in [0.717, 1.165) is 36.5 Å². The van der Waals surface area contributed by atoms with E-state index >= 15 is 0 Å². The highest BCUT2D eigenvalue weighted by atomic mass is 15.3. The minimum absolute atomic E-state index is 0.799. The van der Waals surface area contributed by atoms with E-state index in [1.54, 1.807) is 0 Å². The second kappa shape index (κ2) is 5.25. The first-order valence-electron chi connectivity index (χ1n) is 6.55. The molecule has 0 aliphatic heterocycles. The molecule has 2 N–H and O–H groups in total. The van der Waals surface area contributed by atoms with E-state index in [1.165, 1.54) is 11.1 Å². The van der Waals surface area contributed by atoms with Gasteiger partial charge in [0.1, 0.15) is 0 Å². The van der Waals surface area contributed by atoms with Crippen LogP contribution in [0.4, 0.5) is 5.69 Å². The fourth-order valence-electron chi connectivity index (χ4n) is 2.20. The molecule has 2 rings (SSSR count). The number of hydrogen-bond donors (Lipinski definition) is 1. The summed E-state index contributed by atoms with van der Waals surface area (Å²) in [6.45, 7) is 7.11. The molecule has 1 aromatic heterocycles. The third-order valence-electron chi connectivity index (χ3n) is 3.30. The predicted octanol–water partition coefficient (Wildman–Crippen LogP) is 2.95. The summed E-state index contributed by atoms with van der Waals surface area (Å²) < 4.78 is 2.04. The van der Waals surface area contributed by atoms with E-state index < -0.39 is 0 Å². The molecule has 0 spiro atoms. The van der Waals surface area contributed by atoms with Gasteiger partial charge in [-0.25, -0.2) is 0 Å². The maximum Gasteiger partial charge on any atom is 0.0854 e. The van der Waals surface area contributed by atoms with Crippen molar-refractivity contribution in [1.82, 2.24) is 9.78 Å². The van der Waals surface area contributed by atoms with Crippen molar-refractivity contribution < 1.29 is 0 Å². The molecule has 3 heteroatoms. The lowest BCUT2D eigenvalue weighted by atomic mass is 10.1. The van der Waals surface area contributed by atoms with E-state index in [-0.39, 0.29) is 0 Å². The number of hydrogen-bond acceptors (Lipinski definition) is 2. The Morgan fingerprint density at radius 3 is 2.33 bits per heavy atom. The first-order valence-corrected chi connectivity index (χ1v) is 6.55. The van der Waals surface area contributed by atoms with Gasteiger partial charge in [-0.15, -0.1) is 0 Å². The maximum absolute atomic E-state index is 6.12. The van der Waals surface area contributed by atoms with Crippen molar-refractivity contribution in [2.45, 2.75) is 40.2 Å². The molecule has 1 aromatic carbocycles. The number of nitrogens with zero attached hydrogens (tertiary/aromatic N) is 2. The summed E-state index contributed by atoms with van der Waals surface area (Å²) in [5.41, 5.74) is 11.7. The lowest BCUT2D eigenvalue weighted by Crippen LogP contribution is -2.06.